The molecule has 1 aliphatic carbocycles. The third-order valence-corrected chi connectivity index (χ3v) is 6.55. The second kappa shape index (κ2) is 12.0. The molecule has 190 valence electrons. The highest BCUT2D eigenvalue weighted by Gasteiger charge is 2.43. The third-order valence-electron chi connectivity index (χ3n) is 6.55. The van der Waals surface area contributed by atoms with Crippen molar-refractivity contribution >= 4 is 17.5 Å². The molecule has 4 rings (SSSR count). The average Bonchev–Trinajstić information content (AvgIpc) is 2.89. The average molecular weight is 492 g/mol. The number of allylic oxidation sites excluding steroid dienone is 2. The first-order valence-electron chi connectivity index (χ1n) is 12.4. The first kappa shape index (κ1) is 25.6. The van der Waals surface area contributed by atoms with Crippen LogP contribution < -0.4 is 9.47 Å². The molecule has 2 atom stereocenters. The second-order valence-electron chi connectivity index (χ2n) is 8.89. The van der Waals surface area contributed by atoms with Crippen LogP contribution in [0, 0.1) is 5.92 Å². The minimum Gasteiger partial charge on any atom is -0.493 e. The summed E-state index contributed by atoms with van der Waals surface area (Å²) < 4.78 is 22.5. The van der Waals surface area contributed by atoms with Gasteiger partial charge in [0, 0.05) is 35.9 Å². The van der Waals surface area contributed by atoms with Crippen molar-refractivity contribution in [3.8, 4) is 11.5 Å². The largest absolute Gasteiger partial charge is 0.493 e. The van der Waals surface area contributed by atoms with Crippen molar-refractivity contribution < 1.29 is 28.5 Å². The van der Waals surface area contributed by atoms with E-state index in [1.54, 1.807) is 7.11 Å². The summed E-state index contributed by atoms with van der Waals surface area (Å²) in [5.41, 5.74) is 3.87. The summed E-state index contributed by atoms with van der Waals surface area (Å²) in [5.74, 6) is -0.443. The molecule has 0 bridgehead atoms. The Labute approximate surface area is 212 Å². The van der Waals surface area contributed by atoms with Gasteiger partial charge in [0.1, 0.15) is 19.1 Å². The summed E-state index contributed by atoms with van der Waals surface area (Å²) in [5, 5.41) is 0. The maximum atomic E-state index is 13.3. The number of ketones is 1. The number of Topliss-reactive ketones (excluding diaryl/α,β-unsaturated/α-hetero) is 1. The number of rotatable bonds is 10. The molecule has 1 unspecified atom stereocenters. The maximum absolute atomic E-state index is 13.3. The lowest BCUT2D eigenvalue weighted by atomic mass is 9.71. The van der Waals surface area contributed by atoms with Gasteiger partial charge >= 0.3 is 5.97 Å². The summed E-state index contributed by atoms with van der Waals surface area (Å²) in [6.07, 6.45) is 1.93. The molecule has 0 amide bonds. The van der Waals surface area contributed by atoms with Gasteiger partial charge in [0.25, 0.3) is 0 Å². The summed E-state index contributed by atoms with van der Waals surface area (Å²) in [4.78, 5) is 31.1. The lowest BCUT2D eigenvalue weighted by Crippen LogP contribution is -2.37. The standard InChI is InChI=1S/C29H33NO6/c1-4-34-15-16-35-29(32)26-19(2)30-22-11-8-12-23(31)28(22)27(26)21-13-14-24(25(17-21)33-3)36-18-20-9-6-5-7-10-20/h5-7,9-10,13-14,17,26-27H,4,8,11-12,15-16,18H2,1-3H3/t26?,27-/m0/s1. The number of aliphatic imine (C=N–C) groups is 1. The van der Waals surface area contributed by atoms with E-state index in [1.807, 2.05) is 62.4 Å². The summed E-state index contributed by atoms with van der Waals surface area (Å²) in [7, 11) is 1.58. The van der Waals surface area contributed by atoms with Gasteiger partial charge in [-0.15, -0.1) is 0 Å². The molecule has 0 aromatic heterocycles. The molecule has 1 aliphatic heterocycles. The molecular formula is C29H33NO6. The first-order chi connectivity index (χ1) is 17.5. The lowest BCUT2D eigenvalue weighted by Gasteiger charge is -2.34. The van der Waals surface area contributed by atoms with Gasteiger partial charge in [-0.25, -0.2) is 0 Å². The van der Waals surface area contributed by atoms with Crippen molar-refractivity contribution in [1.29, 1.82) is 0 Å². The third kappa shape index (κ3) is 5.68. The monoisotopic (exact) mass is 491 g/mol. The topological polar surface area (TPSA) is 83.4 Å². The SMILES string of the molecule is CCOCCOC(=O)C1C(C)=NC2=C(C(=O)CCC2)[C@H]1c1ccc(OCc2ccccc2)c(OC)c1. The normalized spacial score (nSPS) is 19.4. The summed E-state index contributed by atoms with van der Waals surface area (Å²) in [6.45, 7) is 5.14. The predicted molar refractivity (Wildman–Crippen MR) is 136 cm³/mol. The zero-order chi connectivity index (χ0) is 25.5. The molecule has 7 heteroatoms. The van der Waals surface area contributed by atoms with Gasteiger partial charge in [-0.3, -0.25) is 14.6 Å². The number of esters is 1. The van der Waals surface area contributed by atoms with Gasteiger partial charge in [0.05, 0.1) is 13.7 Å². The van der Waals surface area contributed by atoms with E-state index in [0.29, 0.717) is 49.0 Å². The molecule has 2 aromatic carbocycles. The Morgan fingerprint density at radius 1 is 1.06 bits per heavy atom. The zero-order valence-corrected chi connectivity index (χ0v) is 21.1. The van der Waals surface area contributed by atoms with Crippen molar-refractivity contribution in [2.45, 2.75) is 45.6 Å². The Kier molecular flexibility index (Phi) is 8.54. The van der Waals surface area contributed by atoms with E-state index in [-0.39, 0.29) is 12.4 Å². The van der Waals surface area contributed by atoms with Gasteiger partial charge in [-0.05, 0) is 49.9 Å². The van der Waals surface area contributed by atoms with E-state index in [2.05, 4.69) is 4.99 Å². The van der Waals surface area contributed by atoms with Crippen LogP contribution in [0.25, 0.3) is 0 Å². The van der Waals surface area contributed by atoms with Crippen LogP contribution in [0.15, 0.2) is 64.8 Å². The molecular weight excluding hydrogens is 458 g/mol. The van der Waals surface area contributed by atoms with Crippen molar-refractivity contribution in [3.05, 3.63) is 70.9 Å². The molecule has 0 fully saturated rings. The number of carbonyl (C=O) groups excluding carboxylic acids is 2. The molecule has 1 heterocycles. The van der Waals surface area contributed by atoms with Gasteiger partial charge in [0.2, 0.25) is 0 Å². The number of benzene rings is 2. The molecule has 36 heavy (non-hydrogen) atoms. The highest BCUT2D eigenvalue weighted by Crippen LogP contribution is 2.45. The van der Waals surface area contributed by atoms with Crippen LogP contribution in [0.1, 0.15) is 50.2 Å². The Bertz CT molecular complexity index is 1150. The molecule has 0 saturated heterocycles. The Morgan fingerprint density at radius 2 is 1.86 bits per heavy atom. The fourth-order valence-corrected chi connectivity index (χ4v) is 4.84. The summed E-state index contributed by atoms with van der Waals surface area (Å²) >= 11 is 0. The number of methoxy groups -OCH3 is 1. The van der Waals surface area contributed by atoms with E-state index in [1.165, 1.54) is 0 Å². The highest BCUT2D eigenvalue weighted by molar-refractivity contribution is 6.08. The quantitative estimate of drug-likeness (QED) is 0.342. The van der Waals surface area contributed by atoms with Crippen LogP contribution in [0.2, 0.25) is 0 Å². The summed E-state index contributed by atoms with van der Waals surface area (Å²) in [6, 6.07) is 15.5. The van der Waals surface area contributed by atoms with Gasteiger partial charge in [-0.1, -0.05) is 36.4 Å². The Balaban J connectivity index is 1.66. The molecule has 0 N–H and O–H groups in total. The molecule has 2 aliphatic rings. The van der Waals surface area contributed by atoms with E-state index < -0.39 is 17.8 Å². The van der Waals surface area contributed by atoms with Crippen LogP contribution in [0.4, 0.5) is 0 Å². The van der Waals surface area contributed by atoms with Crippen molar-refractivity contribution in [1.82, 2.24) is 0 Å². The minimum atomic E-state index is -0.701. The zero-order valence-electron chi connectivity index (χ0n) is 21.1. The number of ether oxygens (including phenoxy) is 4. The van der Waals surface area contributed by atoms with Crippen LogP contribution in [-0.4, -0.2) is 44.4 Å². The molecule has 0 radical (unpaired) electrons. The Hall–Kier alpha value is -3.45. The van der Waals surface area contributed by atoms with Crippen molar-refractivity contribution in [2.75, 3.05) is 26.9 Å². The van der Waals surface area contributed by atoms with Crippen LogP contribution in [0.3, 0.4) is 0 Å². The first-order valence-corrected chi connectivity index (χ1v) is 12.4. The second-order valence-corrected chi connectivity index (χ2v) is 8.89. The predicted octanol–water partition coefficient (Wildman–Crippen LogP) is 5.04. The Morgan fingerprint density at radius 3 is 2.61 bits per heavy atom. The molecule has 7 nitrogen and oxygen atoms in total. The highest BCUT2D eigenvalue weighted by atomic mass is 16.6. The minimum absolute atomic E-state index is 0.0352. The van der Waals surface area contributed by atoms with E-state index in [0.717, 1.165) is 29.7 Å². The van der Waals surface area contributed by atoms with Crippen LogP contribution in [-0.2, 0) is 25.7 Å². The van der Waals surface area contributed by atoms with Gasteiger partial charge < -0.3 is 18.9 Å². The van der Waals surface area contributed by atoms with Crippen LogP contribution in [0.5, 0.6) is 11.5 Å². The molecule has 2 aromatic rings. The van der Waals surface area contributed by atoms with E-state index in [4.69, 9.17) is 18.9 Å². The fourth-order valence-electron chi connectivity index (χ4n) is 4.84. The van der Waals surface area contributed by atoms with Crippen molar-refractivity contribution in [3.63, 3.8) is 0 Å². The van der Waals surface area contributed by atoms with Crippen molar-refractivity contribution in [2.24, 2.45) is 10.9 Å². The number of hydrogen-bond acceptors (Lipinski definition) is 7. The van der Waals surface area contributed by atoms with E-state index >= 15 is 0 Å². The number of hydrogen-bond donors (Lipinski definition) is 0. The molecule has 0 saturated carbocycles. The van der Waals surface area contributed by atoms with Gasteiger partial charge in [-0.2, -0.15) is 0 Å². The van der Waals surface area contributed by atoms with Gasteiger partial charge in [0.15, 0.2) is 17.3 Å². The number of nitrogens with zero attached hydrogens (tertiary/aromatic N) is 1. The molecule has 0 spiro atoms. The number of carbonyl (C=O) groups is 2. The fraction of sp³-hybridized carbons (Fsp3) is 0.414. The van der Waals surface area contributed by atoms with Crippen LogP contribution >= 0.6 is 0 Å². The van der Waals surface area contributed by atoms with E-state index in [9.17, 15) is 9.59 Å². The maximum Gasteiger partial charge on any atom is 0.315 e. The lowest BCUT2D eigenvalue weighted by molar-refractivity contribution is -0.148. The smallest absolute Gasteiger partial charge is 0.315 e.